The molecule has 1 amide bonds. The van der Waals surface area contributed by atoms with Crippen LogP contribution in [-0.2, 0) is 11.0 Å². The third-order valence-electron chi connectivity index (χ3n) is 3.73. The van der Waals surface area contributed by atoms with E-state index in [1.807, 2.05) is 0 Å². The topological polar surface area (TPSA) is 84.7 Å². The van der Waals surface area contributed by atoms with Crippen LogP contribution in [0.1, 0.15) is 12.0 Å². The third-order valence-corrected chi connectivity index (χ3v) is 3.73. The molecule has 0 spiro atoms. The number of halogens is 3. The molecule has 150 valence electrons. The molecule has 0 heterocycles. The maximum Gasteiger partial charge on any atom is 0.416 e. The lowest BCUT2D eigenvalue weighted by Crippen LogP contribution is -2.19. The highest BCUT2D eigenvalue weighted by Gasteiger charge is 2.31. The molecule has 2 rings (SSSR count). The Hall–Kier alpha value is -3.30. The van der Waals surface area contributed by atoms with Gasteiger partial charge in [0.25, 0.3) is 5.69 Å². The average molecular weight is 397 g/mol. The van der Waals surface area contributed by atoms with E-state index in [1.165, 1.54) is 30.3 Å². The number of nitrogens with one attached hydrogen (secondary N) is 1. The van der Waals surface area contributed by atoms with E-state index in [9.17, 15) is 28.1 Å². The van der Waals surface area contributed by atoms with Gasteiger partial charge in [0.2, 0.25) is 5.91 Å². The van der Waals surface area contributed by atoms with Crippen LogP contribution in [0.5, 0.6) is 5.75 Å². The Morgan fingerprint density at radius 1 is 1.18 bits per heavy atom. The molecular weight excluding hydrogens is 379 g/mol. The highest BCUT2D eigenvalue weighted by Crippen LogP contribution is 2.35. The Bertz CT molecular complexity index is 852. The van der Waals surface area contributed by atoms with Gasteiger partial charge in [-0.3, -0.25) is 14.9 Å². The first-order valence-corrected chi connectivity index (χ1v) is 8.13. The van der Waals surface area contributed by atoms with Crippen LogP contribution in [0.3, 0.4) is 0 Å². The van der Waals surface area contributed by atoms with E-state index in [1.54, 1.807) is 19.0 Å². The van der Waals surface area contributed by atoms with Crippen molar-refractivity contribution in [3.8, 4) is 5.75 Å². The van der Waals surface area contributed by atoms with E-state index in [0.29, 0.717) is 11.4 Å². The molecule has 0 aliphatic rings. The van der Waals surface area contributed by atoms with Crippen LogP contribution in [0, 0.1) is 10.1 Å². The number of hydrogen-bond acceptors (Lipinski definition) is 5. The Morgan fingerprint density at radius 3 is 2.36 bits per heavy atom. The van der Waals surface area contributed by atoms with Crippen LogP contribution >= 0.6 is 0 Å². The first-order chi connectivity index (χ1) is 13.1. The predicted molar refractivity (Wildman–Crippen MR) is 97.6 cm³/mol. The second-order valence-electron chi connectivity index (χ2n) is 6.02. The minimum atomic E-state index is -4.52. The molecule has 0 aliphatic carbocycles. The lowest BCUT2D eigenvalue weighted by atomic mass is 10.1. The van der Waals surface area contributed by atoms with E-state index in [-0.39, 0.29) is 24.4 Å². The van der Waals surface area contributed by atoms with Crippen LogP contribution in [0.25, 0.3) is 0 Å². The highest BCUT2D eigenvalue weighted by atomic mass is 19.4. The molecule has 0 aromatic heterocycles. The van der Waals surface area contributed by atoms with Crippen molar-refractivity contribution in [1.82, 2.24) is 0 Å². The van der Waals surface area contributed by atoms with Crippen molar-refractivity contribution in [3.63, 3.8) is 0 Å². The fourth-order valence-corrected chi connectivity index (χ4v) is 2.34. The number of carbonyl (C=O) groups is 1. The largest absolute Gasteiger partial charge is 0.493 e. The zero-order chi connectivity index (χ0) is 20.9. The van der Waals surface area contributed by atoms with Crippen LogP contribution in [0.15, 0.2) is 42.5 Å². The van der Waals surface area contributed by atoms with E-state index < -0.39 is 22.6 Å². The summed E-state index contributed by atoms with van der Waals surface area (Å²) in [5, 5.41) is 13.1. The Labute approximate surface area is 158 Å². The van der Waals surface area contributed by atoms with Gasteiger partial charge in [-0.1, -0.05) is 0 Å². The minimum Gasteiger partial charge on any atom is -0.493 e. The summed E-state index contributed by atoms with van der Waals surface area (Å²) in [6.07, 6.45) is -4.64. The lowest BCUT2D eigenvalue weighted by Gasteiger charge is -2.20. The molecule has 0 saturated heterocycles. The van der Waals surface area contributed by atoms with E-state index in [2.05, 4.69) is 5.32 Å². The van der Waals surface area contributed by atoms with Gasteiger partial charge >= 0.3 is 6.18 Å². The molecule has 0 atom stereocenters. The number of non-ortho nitro benzene ring substituents is 1. The average Bonchev–Trinajstić information content (AvgIpc) is 2.61. The van der Waals surface area contributed by atoms with Gasteiger partial charge in [0.05, 0.1) is 34.9 Å². The molecule has 2 aromatic carbocycles. The second-order valence-corrected chi connectivity index (χ2v) is 6.02. The molecule has 7 nitrogen and oxygen atoms in total. The summed E-state index contributed by atoms with van der Waals surface area (Å²) in [7, 11) is 3.30. The van der Waals surface area contributed by atoms with Crippen molar-refractivity contribution in [2.45, 2.75) is 12.6 Å². The predicted octanol–water partition coefficient (Wildman–Crippen LogP) is 4.09. The number of alkyl halides is 3. The molecule has 10 heteroatoms. The summed E-state index contributed by atoms with van der Waals surface area (Å²) >= 11 is 0. The van der Waals surface area contributed by atoms with Crippen LogP contribution in [0.2, 0.25) is 0 Å². The van der Waals surface area contributed by atoms with Gasteiger partial charge < -0.3 is 15.0 Å². The van der Waals surface area contributed by atoms with Crippen molar-refractivity contribution in [3.05, 3.63) is 58.1 Å². The first-order valence-electron chi connectivity index (χ1n) is 8.13. The first kappa shape index (κ1) is 21.0. The van der Waals surface area contributed by atoms with Crippen molar-refractivity contribution in [2.75, 3.05) is 30.9 Å². The number of nitrogens with zero attached hydrogens (tertiary/aromatic N) is 2. The summed E-state index contributed by atoms with van der Waals surface area (Å²) in [5.74, 6) is -0.184. The highest BCUT2D eigenvalue weighted by molar-refractivity contribution is 5.94. The standard InChI is InChI=1S/C18H18F3N3O4/c1-23(2)16-8-3-12(18(19,20)21)11-15(16)22-17(25)9-10-28-14-6-4-13(5-7-14)24(26)27/h3-8,11H,9-10H2,1-2H3,(H,22,25). The van der Waals surface area contributed by atoms with Gasteiger partial charge in [-0.2, -0.15) is 13.2 Å². The van der Waals surface area contributed by atoms with Gasteiger partial charge in [0.1, 0.15) is 5.75 Å². The summed E-state index contributed by atoms with van der Waals surface area (Å²) < 4.78 is 44.1. The van der Waals surface area contributed by atoms with Crippen molar-refractivity contribution in [1.29, 1.82) is 0 Å². The fourth-order valence-electron chi connectivity index (χ4n) is 2.34. The van der Waals surface area contributed by atoms with Crippen LogP contribution in [0.4, 0.5) is 30.2 Å². The Morgan fingerprint density at radius 2 is 1.82 bits per heavy atom. The number of amides is 1. The molecular formula is C18H18F3N3O4. The van der Waals surface area contributed by atoms with Crippen molar-refractivity contribution >= 4 is 23.0 Å². The van der Waals surface area contributed by atoms with Crippen molar-refractivity contribution in [2.24, 2.45) is 0 Å². The maximum absolute atomic E-state index is 12.9. The number of benzene rings is 2. The molecule has 1 N–H and O–H groups in total. The quantitative estimate of drug-likeness (QED) is 0.562. The third kappa shape index (κ3) is 5.60. The number of carbonyl (C=O) groups excluding carboxylic acids is 1. The zero-order valence-corrected chi connectivity index (χ0v) is 15.1. The van der Waals surface area contributed by atoms with Gasteiger partial charge in [-0.05, 0) is 30.3 Å². The van der Waals surface area contributed by atoms with E-state index >= 15 is 0 Å². The normalized spacial score (nSPS) is 11.0. The number of anilines is 2. The number of ether oxygens (including phenoxy) is 1. The summed E-state index contributed by atoms with van der Waals surface area (Å²) in [6.45, 7) is -0.0418. The summed E-state index contributed by atoms with van der Waals surface area (Å²) in [5.41, 5.74) is -0.487. The molecule has 0 saturated carbocycles. The molecule has 0 radical (unpaired) electrons. The van der Waals surface area contributed by atoms with Gasteiger partial charge in [0, 0.05) is 26.2 Å². The molecule has 28 heavy (non-hydrogen) atoms. The van der Waals surface area contributed by atoms with E-state index in [0.717, 1.165) is 12.1 Å². The number of nitro groups is 1. The van der Waals surface area contributed by atoms with Crippen LogP contribution in [-0.4, -0.2) is 31.5 Å². The molecule has 0 unspecified atom stereocenters. The monoisotopic (exact) mass is 397 g/mol. The van der Waals surface area contributed by atoms with Crippen molar-refractivity contribution < 1.29 is 27.6 Å². The summed E-state index contributed by atoms with van der Waals surface area (Å²) in [6, 6.07) is 8.43. The molecule has 0 fully saturated rings. The molecule has 0 aliphatic heterocycles. The maximum atomic E-state index is 12.9. The Balaban J connectivity index is 1.99. The second kappa shape index (κ2) is 8.59. The van der Waals surface area contributed by atoms with E-state index in [4.69, 9.17) is 4.74 Å². The summed E-state index contributed by atoms with van der Waals surface area (Å²) in [4.78, 5) is 23.7. The zero-order valence-electron chi connectivity index (χ0n) is 15.1. The van der Waals surface area contributed by atoms with Crippen LogP contribution < -0.4 is 15.0 Å². The number of nitro benzene ring substituents is 1. The SMILES string of the molecule is CN(C)c1ccc(C(F)(F)F)cc1NC(=O)CCOc1ccc([N+](=O)[O-])cc1. The van der Waals surface area contributed by atoms with Gasteiger partial charge in [0.15, 0.2) is 0 Å². The molecule has 2 aromatic rings. The van der Waals surface area contributed by atoms with Gasteiger partial charge in [-0.25, -0.2) is 0 Å². The Kier molecular flexibility index (Phi) is 6.45. The number of hydrogen-bond donors (Lipinski definition) is 1. The smallest absolute Gasteiger partial charge is 0.416 e. The fraction of sp³-hybridized carbons (Fsp3) is 0.278. The number of rotatable bonds is 7. The lowest BCUT2D eigenvalue weighted by molar-refractivity contribution is -0.384. The minimum absolute atomic E-state index is 0.0418. The van der Waals surface area contributed by atoms with Gasteiger partial charge in [-0.15, -0.1) is 0 Å². The molecule has 0 bridgehead atoms.